The predicted octanol–water partition coefficient (Wildman–Crippen LogP) is 2.07. The molecule has 0 amide bonds. The number of nitrogens with zero attached hydrogens (tertiary/aromatic N) is 2. The standard InChI is InChI=1S/C13H15N3/c1-11-3-2-4-12(7-11)8-15-10-13-9-14-5-6-16-13/h2-7,9,15H,8,10H2,1H3. The second-order valence-electron chi connectivity index (χ2n) is 3.79. The molecule has 82 valence electrons. The Morgan fingerprint density at radius 1 is 1.19 bits per heavy atom. The lowest BCUT2D eigenvalue weighted by Crippen LogP contribution is -2.13. The fraction of sp³-hybridized carbons (Fsp3) is 0.231. The van der Waals surface area contributed by atoms with Crippen LogP contribution in [0.4, 0.5) is 0 Å². The molecule has 0 radical (unpaired) electrons. The van der Waals surface area contributed by atoms with Crippen molar-refractivity contribution in [1.82, 2.24) is 15.3 Å². The van der Waals surface area contributed by atoms with Gasteiger partial charge in [0.15, 0.2) is 0 Å². The summed E-state index contributed by atoms with van der Waals surface area (Å²) in [6.45, 7) is 3.71. The quantitative estimate of drug-likeness (QED) is 0.845. The summed E-state index contributed by atoms with van der Waals surface area (Å²) in [6.07, 6.45) is 5.18. The van der Waals surface area contributed by atoms with Crippen LogP contribution in [0.25, 0.3) is 0 Å². The van der Waals surface area contributed by atoms with Crippen LogP contribution >= 0.6 is 0 Å². The van der Waals surface area contributed by atoms with Crippen LogP contribution < -0.4 is 5.32 Å². The number of aryl methyl sites for hydroxylation is 1. The Kier molecular flexibility index (Phi) is 3.62. The lowest BCUT2D eigenvalue weighted by Gasteiger charge is -2.04. The summed E-state index contributed by atoms with van der Waals surface area (Å²) >= 11 is 0. The highest BCUT2D eigenvalue weighted by Gasteiger charge is 1.95. The van der Waals surface area contributed by atoms with Gasteiger partial charge in [-0.2, -0.15) is 0 Å². The minimum atomic E-state index is 0.752. The highest BCUT2D eigenvalue weighted by atomic mass is 14.9. The Bertz CT molecular complexity index is 440. The van der Waals surface area contributed by atoms with Crippen LogP contribution in [0.2, 0.25) is 0 Å². The minimum Gasteiger partial charge on any atom is -0.307 e. The molecule has 0 unspecified atom stereocenters. The topological polar surface area (TPSA) is 37.8 Å². The molecule has 1 N–H and O–H groups in total. The predicted molar refractivity (Wildman–Crippen MR) is 63.8 cm³/mol. The average Bonchev–Trinajstić information content (AvgIpc) is 2.30. The highest BCUT2D eigenvalue weighted by Crippen LogP contribution is 2.03. The van der Waals surface area contributed by atoms with Crippen molar-refractivity contribution in [2.24, 2.45) is 0 Å². The fourth-order valence-corrected chi connectivity index (χ4v) is 1.58. The van der Waals surface area contributed by atoms with E-state index >= 15 is 0 Å². The van der Waals surface area contributed by atoms with Crippen LogP contribution in [0.3, 0.4) is 0 Å². The first-order chi connectivity index (χ1) is 7.84. The van der Waals surface area contributed by atoms with Gasteiger partial charge in [-0.25, -0.2) is 0 Å². The molecular formula is C13H15N3. The van der Waals surface area contributed by atoms with Gasteiger partial charge in [0.25, 0.3) is 0 Å². The summed E-state index contributed by atoms with van der Waals surface area (Å²) in [6, 6.07) is 8.49. The number of aromatic nitrogens is 2. The monoisotopic (exact) mass is 213 g/mol. The van der Waals surface area contributed by atoms with Gasteiger partial charge in [-0.1, -0.05) is 29.8 Å². The van der Waals surface area contributed by atoms with Crippen LogP contribution in [0.5, 0.6) is 0 Å². The first-order valence-electron chi connectivity index (χ1n) is 5.36. The Balaban J connectivity index is 1.85. The maximum atomic E-state index is 4.20. The third kappa shape index (κ3) is 3.14. The molecular weight excluding hydrogens is 198 g/mol. The van der Waals surface area contributed by atoms with E-state index in [0.29, 0.717) is 0 Å². The van der Waals surface area contributed by atoms with Crippen LogP contribution in [0.1, 0.15) is 16.8 Å². The van der Waals surface area contributed by atoms with Crippen molar-refractivity contribution in [3.63, 3.8) is 0 Å². The van der Waals surface area contributed by atoms with Crippen molar-refractivity contribution in [2.45, 2.75) is 20.0 Å². The summed E-state index contributed by atoms with van der Waals surface area (Å²) in [7, 11) is 0. The number of nitrogens with one attached hydrogen (secondary N) is 1. The molecule has 3 heteroatoms. The second-order valence-corrected chi connectivity index (χ2v) is 3.79. The molecule has 0 bridgehead atoms. The summed E-state index contributed by atoms with van der Waals surface area (Å²) in [5.41, 5.74) is 3.55. The van der Waals surface area contributed by atoms with Gasteiger partial charge in [0.2, 0.25) is 0 Å². The summed E-state index contributed by atoms with van der Waals surface area (Å²) in [5, 5.41) is 3.34. The molecule has 0 saturated carbocycles. The Morgan fingerprint density at radius 3 is 2.88 bits per heavy atom. The molecule has 0 atom stereocenters. The van der Waals surface area contributed by atoms with Gasteiger partial charge in [-0.05, 0) is 12.5 Å². The van der Waals surface area contributed by atoms with Crippen molar-refractivity contribution < 1.29 is 0 Å². The summed E-state index contributed by atoms with van der Waals surface area (Å²) < 4.78 is 0. The zero-order valence-corrected chi connectivity index (χ0v) is 9.35. The van der Waals surface area contributed by atoms with Gasteiger partial charge in [0.1, 0.15) is 0 Å². The minimum absolute atomic E-state index is 0.752. The zero-order valence-electron chi connectivity index (χ0n) is 9.35. The third-order valence-electron chi connectivity index (χ3n) is 2.33. The van der Waals surface area contributed by atoms with E-state index in [-0.39, 0.29) is 0 Å². The molecule has 0 aliphatic rings. The van der Waals surface area contributed by atoms with E-state index in [1.165, 1.54) is 11.1 Å². The maximum Gasteiger partial charge on any atom is 0.0724 e. The van der Waals surface area contributed by atoms with E-state index in [1.807, 2.05) is 0 Å². The lowest BCUT2D eigenvalue weighted by molar-refractivity contribution is 0.676. The molecule has 0 aliphatic carbocycles. The molecule has 1 aromatic carbocycles. The van der Waals surface area contributed by atoms with Gasteiger partial charge in [0, 0.05) is 31.7 Å². The molecule has 2 aromatic rings. The van der Waals surface area contributed by atoms with Gasteiger partial charge in [0.05, 0.1) is 5.69 Å². The fourth-order valence-electron chi connectivity index (χ4n) is 1.58. The number of hydrogen-bond donors (Lipinski definition) is 1. The number of hydrogen-bond acceptors (Lipinski definition) is 3. The normalized spacial score (nSPS) is 10.3. The van der Waals surface area contributed by atoms with E-state index in [1.54, 1.807) is 18.6 Å². The SMILES string of the molecule is Cc1cccc(CNCc2cnccn2)c1. The van der Waals surface area contributed by atoms with E-state index in [9.17, 15) is 0 Å². The van der Waals surface area contributed by atoms with Gasteiger partial charge in [-0.3, -0.25) is 9.97 Å². The molecule has 0 spiro atoms. The lowest BCUT2D eigenvalue weighted by atomic mass is 10.1. The first-order valence-corrected chi connectivity index (χ1v) is 5.36. The summed E-state index contributed by atoms with van der Waals surface area (Å²) in [5.74, 6) is 0. The van der Waals surface area contributed by atoms with Gasteiger partial charge < -0.3 is 5.32 Å². The molecule has 3 nitrogen and oxygen atoms in total. The molecule has 0 saturated heterocycles. The second kappa shape index (κ2) is 5.37. The Morgan fingerprint density at radius 2 is 2.12 bits per heavy atom. The molecule has 2 rings (SSSR count). The van der Waals surface area contributed by atoms with E-state index < -0.39 is 0 Å². The summed E-state index contributed by atoms with van der Waals surface area (Å²) in [4.78, 5) is 8.22. The van der Waals surface area contributed by atoms with Crippen molar-refractivity contribution in [1.29, 1.82) is 0 Å². The Hall–Kier alpha value is -1.74. The Labute approximate surface area is 95.6 Å². The smallest absolute Gasteiger partial charge is 0.0724 e. The molecule has 16 heavy (non-hydrogen) atoms. The first kappa shape index (κ1) is 10.8. The van der Waals surface area contributed by atoms with E-state index in [2.05, 4.69) is 46.5 Å². The van der Waals surface area contributed by atoms with Crippen molar-refractivity contribution in [3.8, 4) is 0 Å². The van der Waals surface area contributed by atoms with E-state index in [4.69, 9.17) is 0 Å². The van der Waals surface area contributed by atoms with Crippen molar-refractivity contribution in [3.05, 3.63) is 59.7 Å². The maximum absolute atomic E-state index is 4.20. The van der Waals surface area contributed by atoms with Gasteiger partial charge >= 0.3 is 0 Å². The largest absolute Gasteiger partial charge is 0.307 e. The molecule has 0 fully saturated rings. The average molecular weight is 213 g/mol. The number of benzene rings is 1. The van der Waals surface area contributed by atoms with E-state index in [0.717, 1.165) is 18.8 Å². The van der Waals surface area contributed by atoms with Crippen molar-refractivity contribution >= 4 is 0 Å². The molecule has 1 heterocycles. The zero-order chi connectivity index (χ0) is 11.2. The third-order valence-corrected chi connectivity index (χ3v) is 2.33. The van der Waals surface area contributed by atoms with Crippen LogP contribution in [-0.4, -0.2) is 9.97 Å². The van der Waals surface area contributed by atoms with Crippen molar-refractivity contribution in [2.75, 3.05) is 0 Å². The molecule has 0 aliphatic heterocycles. The highest BCUT2D eigenvalue weighted by molar-refractivity contribution is 5.21. The van der Waals surface area contributed by atoms with Crippen LogP contribution in [0, 0.1) is 6.92 Å². The van der Waals surface area contributed by atoms with Crippen LogP contribution in [0.15, 0.2) is 42.9 Å². The van der Waals surface area contributed by atoms with Gasteiger partial charge in [-0.15, -0.1) is 0 Å². The molecule has 1 aromatic heterocycles. The van der Waals surface area contributed by atoms with Crippen LogP contribution in [-0.2, 0) is 13.1 Å². The number of rotatable bonds is 4.